The van der Waals surface area contributed by atoms with Gasteiger partial charge in [0.05, 0.1) is 18.0 Å². The van der Waals surface area contributed by atoms with Crippen LogP contribution >= 0.6 is 0 Å². The molecule has 0 unspecified atom stereocenters. The number of carbonyl (C=O) groups excluding carboxylic acids is 1. The van der Waals surface area contributed by atoms with Gasteiger partial charge in [0.25, 0.3) is 0 Å². The van der Waals surface area contributed by atoms with Crippen molar-refractivity contribution in [1.82, 2.24) is 10.6 Å². The molecule has 1 aliphatic carbocycles. The number of hydrogen-bond donors (Lipinski definition) is 2. The number of benzene rings is 2. The molecule has 1 saturated heterocycles. The Labute approximate surface area is 176 Å². The number of hydrogen-bond acceptors (Lipinski definition) is 3. The van der Waals surface area contributed by atoms with Gasteiger partial charge in [-0.3, -0.25) is 4.79 Å². The SMILES string of the molecule is C[C@H](C(=O)N[C@H]1Cc2ccccc2[C@@H]1NCC1CCOCC1)c1ccc(F)cc1F. The Morgan fingerprint density at radius 3 is 2.70 bits per heavy atom. The molecule has 1 aliphatic heterocycles. The molecule has 2 aromatic rings. The first kappa shape index (κ1) is 20.9. The van der Waals surface area contributed by atoms with E-state index in [4.69, 9.17) is 4.74 Å². The second-order valence-corrected chi connectivity index (χ2v) is 8.35. The fourth-order valence-electron chi connectivity index (χ4n) is 4.53. The third-order valence-corrected chi connectivity index (χ3v) is 6.35. The molecule has 0 aromatic heterocycles. The lowest BCUT2D eigenvalue weighted by molar-refractivity contribution is -0.123. The smallest absolute Gasteiger partial charge is 0.227 e. The highest BCUT2D eigenvalue weighted by Gasteiger charge is 2.34. The summed E-state index contributed by atoms with van der Waals surface area (Å²) in [5.41, 5.74) is 2.62. The topological polar surface area (TPSA) is 50.4 Å². The molecular weight excluding hydrogens is 386 g/mol. The number of ether oxygens (including phenoxy) is 1. The molecule has 1 amide bonds. The van der Waals surface area contributed by atoms with Crippen LogP contribution in [-0.4, -0.2) is 31.7 Å². The molecule has 2 aromatic carbocycles. The standard InChI is InChI=1S/C24H28F2N2O2/c1-15(19-7-6-18(25)13-21(19)26)24(29)28-22-12-17-4-2-3-5-20(17)23(22)27-14-16-8-10-30-11-9-16/h2-7,13,15-16,22-23,27H,8-12,14H2,1H3,(H,28,29)/t15-,22-,23-/m0/s1. The van der Waals surface area contributed by atoms with Crippen LogP contribution in [-0.2, 0) is 16.0 Å². The van der Waals surface area contributed by atoms with Crippen molar-refractivity contribution in [2.75, 3.05) is 19.8 Å². The Hall–Kier alpha value is -2.31. The maximum Gasteiger partial charge on any atom is 0.227 e. The summed E-state index contributed by atoms with van der Waals surface area (Å²) in [6, 6.07) is 11.5. The Kier molecular flexibility index (Phi) is 6.44. The van der Waals surface area contributed by atoms with E-state index in [0.29, 0.717) is 5.92 Å². The molecular formula is C24H28F2N2O2. The van der Waals surface area contributed by atoms with E-state index in [2.05, 4.69) is 22.8 Å². The van der Waals surface area contributed by atoms with Crippen LogP contribution in [0.3, 0.4) is 0 Å². The van der Waals surface area contributed by atoms with E-state index in [1.807, 2.05) is 12.1 Å². The maximum absolute atomic E-state index is 14.2. The van der Waals surface area contributed by atoms with Gasteiger partial charge in [0.1, 0.15) is 11.6 Å². The second kappa shape index (κ2) is 9.23. The van der Waals surface area contributed by atoms with Gasteiger partial charge >= 0.3 is 0 Å². The fourth-order valence-corrected chi connectivity index (χ4v) is 4.53. The molecule has 2 aliphatic rings. The number of carbonyl (C=O) groups is 1. The maximum atomic E-state index is 14.2. The summed E-state index contributed by atoms with van der Waals surface area (Å²) in [5, 5.41) is 6.78. The zero-order valence-corrected chi connectivity index (χ0v) is 17.2. The van der Waals surface area contributed by atoms with Crippen LogP contribution < -0.4 is 10.6 Å². The van der Waals surface area contributed by atoms with E-state index >= 15 is 0 Å². The number of halogens is 2. The van der Waals surface area contributed by atoms with Crippen molar-refractivity contribution in [3.63, 3.8) is 0 Å². The third kappa shape index (κ3) is 4.55. The van der Waals surface area contributed by atoms with Gasteiger partial charge in [0.15, 0.2) is 0 Å². The van der Waals surface area contributed by atoms with E-state index in [0.717, 1.165) is 45.1 Å². The first-order valence-electron chi connectivity index (χ1n) is 10.7. The van der Waals surface area contributed by atoms with Crippen molar-refractivity contribution >= 4 is 5.91 Å². The van der Waals surface area contributed by atoms with Gasteiger partial charge in [-0.15, -0.1) is 0 Å². The molecule has 1 heterocycles. The van der Waals surface area contributed by atoms with Crippen LogP contribution in [0.25, 0.3) is 0 Å². The van der Waals surface area contributed by atoms with Crippen molar-refractivity contribution < 1.29 is 18.3 Å². The Morgan fingerprint density at radius 2 is 1.93 bits per heavy atom. The summed E-state index contributed by atoms with van der Waals surface area (Å²) in [6.07, 6.45) is 2.81. The van der Waals surface area contributed by atoms with Crippen molar-refractivity contribution in [1.29, 1.82) is 0 Å². The van der Waals surface area contributed by atoms with Gasteiger partial charge in [0, 0.05) is 24.8 Å². The molecule has 30 heavy (non-hydrogen) atoms. The molecule has 160 valence electrons. The minimum Gasteiger partial charge on any atom is -0.381 e. The molecule has 4 rings (SSSR count). The number of fused-ring (bicyclic) bond motifs is 1. The zero-order chi connectivity index (χ0) is 21.1. The van der Waals surface area contributed by atoms with Crippen molar-refractivity contribution in [3.8, 4) is 0 Å². The third-order valence-electron chi connectivity index (χ3n) is 6.35. The van der Waals surface area contributed by atoms with E-state index in [-0.39, 0.29) is 23.6 Å². The minimum atomic E-state index is -0.703. The molecule has 0 saturated carbocycles. The molecule has 0 radical (unpaired) electrons. The van der Waals surface area contributed by atoms with Gasteiger partial charge in [0.2, 0.25) is 5.91 Å². The molecule has 4 nitrogen and oxygen atoms in total. The molecule has 6 heteroatoms. The van der Waals surface area contributed by atoms with Crippen molar-refractivity contribution in [2.24, 2.45) is 5.92 Å². The monoisotopic (exact) mass is 414 g/mol. The van der Waals surface area contributed by atoms with E-state index < -0.39 is 17.6 Å². The van der Waals surface area contributed by atoms with Crippen molar-refractivity contribution in [2.45, 2.75) is 44.2 Å². The first-order chi connectivity index (χ1) is 14.5. The Balaban J connectivity index is 1.46. The minimum absolute atomic E-state index is 0.0123. The lowest BCUT2D eigenvalue weighted by atomic mass is 9.97. The van der Waals surface area contributed by atoms with E-state index in [1.165, 1.54) is 23.3 Å². The highest BCUT2D eigenvalue weighted by Crippen LogP contribution is 2.32. The lowest BCUT2D eigenvalue weighted by Crippen LogP contribution is -2.45. The number of amides is 1. The molecule has 0 spiro atoms. The van der Waals surface area contributed by atoms with Crippen LogP contribution in [0.2, 0.25) is 0 Å². The molecule has 0 bridgehead atoms. The molecule has 2 N–H and O–H groups in total. The zero-order valence-electron chi connectivity index (χ0n) is 17.2. The summed E-state index contributed by atoms with van der Waals surface area (Å²) in [5.74, 6) is -1.73. The predicted molar refractivity (Wildman–Crippen MR) is 111 cm³/mol. The second-order valence-electron chi connectivity index (χ2n) is 8.35. The van der Waals surface area contributed by atoms with Crippen molar-refractivity contribution in [3.05, 3.63) is 70.8 Å². The van der Waals surface area contributed by atoms with Crippen LogP contribution in [0.15, 0.2) is 42.5 Å². The lowest BCUT2D eigenvalue weighted by Gasteiger charge is -2.28. The van der Waals surface area contributed by atoms with E-state index in [1.54, 1.807) is 6.92 Å². The van der Waals surface area contributed by atoms with Gasteiger partial charge in [-0.1, -0.05) is 30.3 Å². The van der Waals surface area contributed by atoms with Gasteiger partial charge in [-0.2, -0.15) is 0 Å². The predicted octanol–water partition coefficient (Wildman–Crippen LogP) is 3.87. The molecule has 3 atom stereocenters. The van der Waals surface area contributed by atoms with Gasteiger partial charge < -0.3 is 15.4 Å². The summed E-state index contributed by atoms with van der Waals surface area (Å²) in [7, 11) is 0. The summed E-state index contributed by atoms with van der Waals surface area (Å²) >= 11 is 0. The largest absolute Gasteiger partial charge is 0.381 e. The number of rotatable bonds is 6. The van der Waals surface area contributed by atoms with Crippen LogP contribution in [0, 0.1) is 17.6 Å². The van der Waals surface area contributed by atoms with E-state index in [9.17, 15) is 13.6 Å². The highest BCUT2D eigenvalue weighted by atomic mass is 19.1. The quantitative estimate of drug-likeness (QED) is 0.755. The van der Waals surface area contributed by atoms with Gasteiger partial charge in [-0.25, -0.2) is 8.78 Å². The first-order valence-corrected chi connectivity index (χ1v) is 10.7. The van der Waals surface area contributed by atoms with Gasteiger partial charge in [-0.05, 0) is 55.8 Å². The summed E-state index contributed by atoms with van der Waals surface area (Å²) in [4.78, 5) is 12.9. The molecule has 1 fully saturated rings. The fraction of sp³-hybridized carbons (Fsp3) is 0.458. The average Bonchev–Trinajstić information content (AvgIpc) is 3.09. The Morgan fingerprint density at radius 1 is 1.17 bits per heavy atom. The summed E-state index contributed by atoms with van der Waals surface area (Å²) in [6.45, 7) is 4.12. The van der Waals surface area contributed by atoms with Crippen LogP contribution in [0.4, 0.5) is 8.78 Å². The van der Waals surface area contributed by atoms with Crippen LogP contribution in [0.5, 0.6) is 0 Å². The number of nitrogens with one attached hydrogen (secondary N) is 2. The highest BCUT2D eigenvalue weighted by molar-refractivity contribution is 5.83. The normalized spacial score (nSPS) is 22.5. The Bertz CT molecular complexity index is 899. The average molecular weight is 414 g/mol. The summed E-state index contributed by atoms with van der Waals surface area (Å²) < 4.78 is 32.8. The van der Waals surface area contributed by atoms with Crippen LogP contribution in [0.1, 0.15) is 48.4 Å².